The fourth-order valence-electron chi connectivity index (χ4n) is 4.39. The molecule has 3 aromatic heterocycles. The molecule has 0 N–H and O–H groups in total. The third-order valence-electron chi connectivity index (χ3n) is 6.43. The largest absolute Gasteiger partial charge is 0.296 e. The number of nitrogens with zero attached hydrogens (tertiary/aromatic N) is 5. The predicted octanol–water partition coefficient (Wildman–Crippen LogP) is 4.77. The van der Waals surface area contributed by atoms with Gasteiger partial charge in [0.1, 0.15) is 11.4 Å². The number of thiazole rings is 1. The zero-order chi connectivity index (χ0) is 27.1. The number of fused-ring (bicyclic) bond motifs is 1. The Kier molecular flexibility index (Phi) is 6.42. The summed E-state index contributed by atoms with van der Waals surface area (Å²) < 4.78 is 3.43. The van der Waals surface area contributed by atoms with Gasteiger partial charge in [-0.3, -0.25) is 9.59 Å². The zero-order valence-electron chi connectivity index (χ0n) is 21.1. The van der Waals surface area contributed by atoms with E-state index in [-0.39, 0.29) is 22.6 Å². The molecule has 0 radical (unpaired) electrons. The highest BCUT2D eigenvalue weighted by Crippen LogP contribution is 2.28. The van der Waals surface area contributed by atoms with Crippen molar-refractivity contribution in [1.82, 2.24) is 24.4 Å². The van der Waals surface area contributed by atoms with Gasteiger partial charge in [0, 0.05) is 28.8 Å². The van der Waals surface area contributed by atoms with Crippen LogP contribution in [0, 0.1) is 13.8 Å². The first kappa shape index (κ1) is 24.9. The molecule has 0 aliphatic heterocycles. The highest BCUT2D eigenvalue weighted by molar-refractivity contribution is 7.15. The van der Waals surface area contributed by atoms with Crippen molar-refractivity contribution in [2.24, 2.45) is 0 Å². The first-order valence-corrected chi connectivity index (χ1v) is 13.5. The fourth-order valence-corrected chi connectivity index (χ4v) is 5.42. The first-order valence-electron chi connectivity index (χ1n) is 12.3. The van der Waals surface area contributed by atoms with Gasteiger partial charge in [0.25, 0.3) is 11.1 Å². The Bertz CT molecular complexity index is 2010. The van der Waals surface area contributed by atoms with Gasteiger partial charge in [0.2, 0.25) is 4.96 Å². The number of aromatic nitrogens is 5. The predicted molar refractivity (Wildman–Crippen MR) is 155 cm³/mol. The van der Waals surface area contributed by atoms with Crippen LogP contribution in [0.1, 0.15) is 27.9 Å². The Labute approximate surface area is 232 Å². The molecule has 0 saturated heterocycles. The average Bonchev–Trinajstić information content (AvgIpc) is 3.48. The van der Waals surface area contributed by atoms with E-state index in [0.29, 0.717) is 9.55 Å². The summed E-state index contributed by atoms with van der Waals surface area (Å²) in [5, 5.41) is 9.89. The zero-order valence-corrected chi connectivity index (χ0v) is 22.7. The lowest BCUT2D eigenvalue weighted by Crippen LogP contribution is -2.28. The molecule has 9 heteroatoms. The van der Waals surface area contributed by atoms with Crippen LogP contribution in [0.4, 0.5) is 0 Å². The van der Waals surface area contributed by atoms with E-state index in [4.69, 9.17) is 16.7 Å². The lowest BCUT2D eigenvalue weighted by atomic mass is 10.0. The molecule has 3 aromatic carbocycles. The van der Waals surface area contributed by atoms with Crippen molar-refractivity contribution in [3.63, 3.8) is 0 Å². The van der Waals surface area contributed by atoms with E-state index in [0.717, 1.165) is 50.5 Å². The molecule has 0 bridgehead atoms. The van der Waals surface area contributed by atoms with Crippen LogP contribution in [-0.4, -0.2) is 24.4 Å². The Morgan fingerprint density at radius 3 is 2.49 bits per heavy atom. The maximum atomic E-state index is 13.4. The normalized spacial score (nSPS) is 11.9. The minimum atomic E-state index is -0.453. The van der Waals surface area contributed by atoms with E-state index in [1.165, 1.54) is 4.52 Å². The molecule has 7 nitrogen and oxygen atoms in total. The third-order valence-corrected chi connectivity index (χ3v) is 7.64. The van der Waals surface area contributed by atoms with Gasteiger partial charge in [0.05, 0.1) is 10.2 Å². The van der Waals surface area contributed by atoms with E-state index in [9.17, 15) is 9.59 Å². The SMILES string of the molecule is Cc1ccc(C)c(-c2nn(-c3ccccc3)cc2C=c2sc3nc(=O)c(Cc4ccc(Cl)cc4)nn3c2=O)c1. The van der Waals surface area contributed by atoms with Crippen molar-refractivity contribution >= 4 is 34.0 Å². The van der Waals surface area contributed by atoms with Crippen LogP contribution < -0.4 is 15.7 Å². The molecule has 0 atom stereocenters. The number of para-hydroxylation sites is 1. The highest BCUT2D eigenvalue weighted by Gasteiger charge is 2.16. The Hall–Kier alpha value is -4.40. The molecule has 192 valence electrons. The Morgan fingerprint density at radius 2 is 1.72 bits per heavy atom. The van der Waals surface area contributed by atoms with Crippen LogP contribution >= 0.6 is 22.9 Å². The molecular weight excluding hydrogens is 530 g/mol. The second-order valence-electron chi connectivity index (χ2n) is 9.31. The third kappa shape index (κ3) is 4.92. The van der Waals surface area contributed by atoms with Crippen molar-refractivity contribution in [2.45, 2.75) is 20.3 Å². The van der Waals surface area contributed by atoms with Crippen molar-refractivity contribution in [3.05, 3.63) is 137 Å². The Balaban J connectivity index is 1.50. The molecule has 0 fully saturated rings. The van der Waals surface area contributed by atoms with E-state index in [1.54, 1.807) is 18.2 Å². The van der Waals surface area contributed by atoms with Crippen molar-refractivity contribution < 1.29 is 0 Å². The molecule has 0 aliphatic carbocycles. The van der Waals surface area contributed by atoms with Crippen LogP contribution in [0.5, 0.6) is 0 Å². The number of benzene rings is 3. The second-order valence-corrected chi connectivity index (χ2v) is 10.8. The molecule has 0 aliphatic rings. The van der Waals surface area contributed by atoms with Crippen molar-refractivity contribution in [2.75, 3.05) is 0 Å². The van der Waals surface area contributed by atoms with Crippen molar-refractivity contribution in [3.8, 4) is 16.9 Å². The topological polar surface area (TPSA) is 82.2 Å². The summed E-state index contributed by atoms with van der Waals surface area (Å²) in [6, 6.07) is 23.2. The number of hydrogen-bond donors (Lipinski definition) is 0. The van der Waals surface area contributed by atoms with Gasteiger partial charge in [-0.1, -0.05) is 71.0 Å². The average molecular weight is 552 g/mol. The van der Waals surface area contributed by atoms with Gasteiger partial charge in [-0.05, 0) is 61.4 Å². The second kappa shape index (κ2) is 10.1. The van der Waals surface area contributed by atoms with Gasteiger partial charge in [-0.25, -0.2) is 4.68 Å². The minimum absolute atomic E-state index is 0.198. The summed E-state index contributed by atoms with van der Waals surface area (Å²) in [4.78, 5) is 30.6. The maximum Gasteiger partial charge on any atom is 0.296 e. The van der Waals surface area contributed by atoms with Crippen LogP contribution in [0.3, 0.4) is 0 Å². The number of halogens is 1. The summed E-state index contributed by atoms with van der Waals surface area (Å²) in [5.74, 6) is 0. The quantitative estimate of drug-likeness (QED) is 0.308. The Morgan fingerprint density at radius 1 is 0.949 bits per heavy atom. The number of hydrogen-bond acceptors (Lipinski definition) is 6. The van der Waals surface area contributed by atoms with Gasteiger partial charge in [-0.2, -0.15) is 19.7 Å². The molecule has 6 aromatic rings. The molecule has 0 unspecified atom stereocenters. The van der Waals surface area contributed by atoms with Crippen molar-refractivity contribution in [1.29, 1.82) is 0 Å². The molecule has 39 heavy (non-hydrogen) atoms. The molecule has 0 spiro atoms. The molecule has 0 saturated carbocycles. The molecule has 0 amide bonds. The molecule has 3 heterocycles. The van der Waals surface area contributed by atoms with Crippen LogP contribution in [0.15, 0.2) is 88.6 Å². The molecule has 6 rings (SSSR count). The standard InChI is InChI=1S/C30H22ClN5O2S/c1-18-8-9-19(2)24(14-18)27-21(17-35(34-27)23-6-4-3-5-7-23)16-26-29(38)36-30(39-26)32-28(37)25(33-36)15-20-10-12-22(31)13-11-20/h3-14,16-17H,15H2,1-2H3. The fraction of sp³-hybridized carbons (Fsp3) is 0.100. The number of rotatable bonds is 5. The minimum Gasteiger partial charge on any atom is -0.266 e. The first-order chi connectivity index (χ1) is 18.9. The van der Waals surface area contributed by atoms with Gasteiger partial charge in [-0.15, -0.1) is 0 Å². The van der Waals surface area contributed by atoms with Gasteiger partial charge in [0.15, 0.2) is 0 Å². The summed E-state index contributed by atoms with van der Waals surface area (Å²) in [6.07, 6.45) is 3.96. The van der Waals surface area contributed by atoms with E-state index in [1.807, 2.05) is 67.2 Å². The summed E-state index contributed by atoms with van der Waals surface area (Å²) in [5.41, 5.74) is 5.88. The van der Waals surface area contributed by atoms with Crippen LogP contribution in [0.25, 0.3) is 28.0 Å². The van der Waals surface area contributed by atoms with Gasteiger partial charge >= 0.3 is 0 Å². The lowest BCUT2D eigenvalue weighted by molar-refractivity contribution is 0.811. The highest BCUT2D eigenvalue weighted by atomic mass is 35.5. The monoisotopic (exact) mass is 551 g/mol. The van der Waals surface area contributed by atoms with Crippen LogP contribution in [-0.2, 0) is 6.42 Å². The smallest absolute Gasteiger partial charge is 0.266 e. The van der Waals surface area contributed by atoms with E-state index < -0.39 is 5.56 Å². The number of aryl methyl sites for hydroxylation is 2. The van der Waals surface area contributed by atoms with Crippen LogP contribution in [0.2, 0.25) is 5.02 Å². The lowest BCUT2D eigenvalue weighted by Gasteiger charge is -2.05. The summed E-state index contributed by atoms with van der Waals surface area (Å²) in [7, 11) is 0. The van der Waals surface area contributed by atoms with E-state index in [2.05, 4.69) is 28.3 Å². The summed E-state index contributed by atoms with van der Waals surface area (Å²) in [6.45, 7) is 4.08. The molecular formula is C30H22ClN5O2S. The summed E-state index contributed by atoms with van der Waals surface area (Å²) >= 11 is 7.11. The van der Waals surface area contributed by atoms with Gasteiger partial charge < -0.3 is 0 Å². The maximum absolute atomic E-state index is 13.4. The van der Waals surface area contributed by atoms with E-state index >= 15 is 0 Å².